The molecule has 1 aromatic carbocycles. The Morgan fingerprint density at radius 2 is 1.62 bits per heavy atom. The molecular formula is C12H8F6N4O2. The molecule has 0 bridgehead atoms. The third-order valence-electron chi connectivity index (χ3n) is 2.60. The van der Waals surface area contributed by atoms with Gasteiger partial charge in [0.1, 0.15) is 18.4 Å². The third kappa shape index (κ3) is 4.14. The minimum atomic E-state index is -5.78. The van der Waals surface area contributed by atoms with E-state index in [4.69, 9.17) is 0 Å². The molecular weight excluding hydrogens is 346 g/mol. The molecule has 0 unspecified atom stereocenters. The van der Waals surface area contributed by atoms with Gasteiger partial charge in [-0.05, 0) is 24.3 Å². The molecule has 0 saturated carbocycles. The molecule has 1 amide bonds. The second-order valence-electron chi connectivity index (χ2n) is 4.40. The van der Waals surface area contributed by atoms with Crippen molar-refractivity contribution in [2.24, 2.45) is 0 Å². The summed E-state index contributed by atoms with van der Waals surface area (Å²) >= 11 is 0. The van der Waals surface area contributed by atoms with Crippen LogP contribution in [-0.4, -0.2) is 39.2 Å². The number of nitrogens with zero attached hydrogens (tertiary/aromatic N) is 3. The van der Waals surface area contributed by atoms with Crippen LogP contribution in [0.4, 0.5) is 26.3 Å². The monoisotopic (exact) mass is 354 g/mol. The van der Waals surface area contributed by atoms with Crippen molar-refractivity contribution < 1.29 is 35.9 Å². The summed E-state index contributed by atoms with van der Waals surface area (Å²) in [6, 6.07) is 3.62. The lowest BCUT2D eigenvalue weighted by atomic mass is 10.2. The van der Waals surface area contributed by atoms with Gasteiger partial charge in [0.05, 0.1) is 0 Å². The molecule has 1 N–H and O–H groups in total. The Bertz CT molecular complexity index is 687. The molecule has 0 spiro atoms. The van der Waals surface area contributed by atoms with E-state index in [0.717, 1.165) is 28.9 Å². The zero-order valence-corrected chi connectivity index (χ0v) is 11.5. The van der Waals surface area contributed by atoms with Crippen LogP contribution in [0.2, 0.25) is 0 Å². The van der Waals surface area contributed by atoms with Gasteiger partial charge in [0, 0.05) is 5.56 Å². The lowest BCUT2D eigenvalue weighted by Crippen LogP contribution is -2.45. The van der Waals surface area contributed by atoms with Crippen LogP contribution in [0, 0.1) is 0 Å². The van der Waals surface area contributed by atoms with E-state index in [0.29, 0.717) is 0 Å². The average molecular weight is 354 g/mol. The maximum absolute atomic E-state index is 13.1. The molecule has 2 rings (SSSR count). The number of hydrogen-bond donors (Lipinski definition) is 1. The van der Waals surface area contributed by atoms with Gasteiger partial charge in [-0.1, -0.05) is 0 Å². The van der Waals surface area contributed by atoms with Crippen molar-refractivity contribution in [1.82, 2.24) is 14.9 Å². The Labute approximate surface area is 130 Å². The first-order chi connectivity index (χ1) is 11.1. The number of hydrogen-bond acceptors (Lipinski definition) is 4. The van der Waals surface area contributed by atoms with Crippen molar-refractivity contribution in [2.75, 3.05) is 5.43 Å². The van der Waals surface area contributed by atoms with Gasteiger partial charge in [0.2, 0.25) is 0 Å². The van der Waals surface area contributed by atoms with Gasteiger partial charge in [-0.2, -0.15) is 22.0 Å². The predicted octanol–water partition coefficient (Wildman–Crippen LogP) is 2.53. The van der Waals surface area contributed by atoms with Crippen LogP contribution < -0.4 is 10.2 Å². The quantitative estimate of drug-likeness (QED) is 0.838. The zero-order valence-electron chi connectivity index (χ0n) is 11.5. The smallest absolute Gasteiger partial charge is 0.430 e. The van der Waals surface area contributed by atoms with Gasteiger partial charge in [0.15, 0.2) is 0 Å². The van der Waals surface area contributed by atoms with Crippen LogP contribution in [0.5, 0.6) is 5.75 Å². The Hall–Kier alpha value is -2.79. The average Bonchev–Trinajstić information content (AvgIpc) is 2.98. The third-order valence-corrected chi connectivity index (χ3v) is 2.60. The van der Waals surface area contributed by atoms with Crippen molar-refractivity contribution in [3.05, 3.63) is 42.5 Å². The zero-order chi connectivity index (χ0) is 18.0. The lowest BCUT2D eigenvalue weighted by Gasteiger charge is -2.23. The number of carbonyl (C=O) groups excluding carboxylic acids is 1. The van der Waals surface area contributed by atoms with Crippen LogP contribution in [0.15, 0.2) is 36.9 Å². The second-order valence-corrected chi connectivity index (χ2v) is 4.40. The lowest BCUT2D eigenvalue weighted by molar-refractivity contribution is -0.304. The first-order valence-electron chi connectivity index (χ1n) is 6.13. The minimum absolute atomic E-state index is 0.0213. The summed E-state index contributed by atoms with van der Waals surface area (Å²) in [5, 5.41) is 6.85. The number of nitrogens with one attached hydrogen (secondary N) is 1. The van der Waals surface area contributed by atoms with E-state index in [2.05, 4.69) is 20.4 Å². The van der Waals surface area contributed by atoms with Crippen LogP contribution >= 0.6 is 0 Å². The molecule has 12 heteroatoms. The normalized spacial score (nSPS) is 13.4. The van der Waals surface area contributed by atoms with E-state index in [1.165, 1.54) is 12.7 Å². The summed E-state index contributed by atoms with van der Waals surface area (Å²) in [5.41, 5.74) is 2.28. The number of aromatic nitrogens is 3. The molecule has 2 aromatic rings. The molecule has 6 nitrogen and oxygen atoms in total. The van der Waals surface area contributed by atoms with Crippen molar-refractivity contribution in [3.8, 4) is 5.75 Å². The van der Waals surface area contributed by atoms with Gasteiger partial charge in [-0.15, -0.1) is 10.2 Å². The van der Waals surface area contributed by atoms with E-state index < -0.39 is 30.1 Å². The van der Waals surface area contributed by atoms with Gasteiger partial charge in [-0.25, -0.2) is 9.07 Å². The highest BCUT2D eigenvalue weighted by molar-refractivity contribution is 5.99. The predicted molar refractivity (Wildman–Crippen MR) is 66.7 cm³/mol. The standard InChI is InChI=1S/C12H8F6N4O2/c13-10(11(14,15)16)12(17,18)24-8-3-1-7(2-4-8)9(23)21-22-5-19-20-6-22/h1-6,10H,(H,21,23)/t10-/m1/s1. The first-order valence-corrected chi connectivity index (χ1v) is 6.13. The molecule has 130 valence electrons. The Morgan fingerprint density at radius 1 is 1.08 bits per heavy atom. The summed E-state index contributed by atoms with van der Waals surface area (Å²) in [5.74, 6) is -1.42. The van der Waals surface area contributed by atoms with Gasteiger partial charge >= 0.3 is 12.3 Å². The van der Waals surface area contributed by atoms with Crippen molar-refractivity contribution in [1.29, 1.82) is 0 Å². The summed E-state index contributed by atoms with van der Waals surface area (Å²) < 4.78 is 79.8. The maximum Gasteiger partial charge on any atom is 0.439 e. The van der Waals surface area contributed by atoms with Crippen LogP contribution in [0.25, 0.3) is 0 Å². The number of carbonyl (C=O) groups is 1. The maximum atomic E-state index is 13.1. The van der Waals surface area contributed by atoms with Gasteiger partial charge in [-0.3, -0.25) is 10.2 Å². The van der Waals surface area contributed by atoms with E-state index in [1.54, 1.807) is 0 Å². The minimum Gasteiger partial charge on any atom is -0.430 e. The molecule has 1 atom stereocenters. The highest BCUT2D eigenvalue weighted by Gasteiger charge is 2.59. The fraction of sp³-hybridized carbons (Fsp3) is 0.250. The number of alkyl halides is 6. The van der Waals surface area contributed by atoms with Crippen molar-refractivity contribution in [2.45, 2.75) is 18.5 Å². The molecule has 1 aromatic heterocycles. The highest BCUT2D eigenvalue weighted by Crippen LogP contribution is 2.36. The Kier molecular flexibility index (Phi) is 4.66. The number of ether oxygens (including phenoxy) is 1. The molecule has 0 fully saturated rings. The number of benzene rings is 1. The van der Waals surface area contributed by atoms with E-state index in [9.17, 15) is 31.1 Å². The fourth-order valence-electron chi connectivity index (χ4n) is 1.51. The Morgan fingerprint density at radius 3 is 2.12 bits per heavy atom. The molecule has 0 aliphatic rings. The summed E-state index contributed by atoms with van der Waals surface area (Å²) in [6.45, 7) is 0. The SMILES string of the molecule is O=C(Nn1cnnc1)c1ccc(OC(F)(F)[C@H](F)C(F)(F)F)cc1. The van der Waals surface area contributed by atoms with Crippen molar-refractivity contribution >= 4 is 5.91 Å². The summed E-state index contributed by atoms with van der Waals surface area (Å²) in [7, 11) is 0. The number of rotatable bonds is 5. The van der Waals surface area contributed by atoms with Gasteiger partial charge in [0.25, 0.3) is 12.1 Å². The summed E-state index contributed by atoms with van der Waals surface area (Å²) in [6.07, 6.45) is -13.0. The van der Waals surface area contributed by atoms with E-state index in [-0.39, 0.29) is 5.56 Å². The first kappa shape index (κ1) is 17.6. The molecule has 24 heavy (non-hydrogen) atoms. The molecule has 0 aliphatic carbocycles. The fourth-order valence-corrected chi connectivity index (χ4v) is 1.51. The number of halogens is 6. The van der Waals surface area contributed by atoms with E-state index >= 15 is 0 Å². The molecule has 1 heterocycles. The second kappa shape index (κ2) is 6.37. The highest BCUT2D eigenvalue weighted by atomic mass is 19.4. The summed E-state index contributed by atoms with van der Waals surface area (Å²) in [4.78, 5) is 11.8. The topological polar surface area (TPSA) is 69.0 Å². The van der Waals surface area contributed by atoms with Crippen molar-refractivity contribution in [3.63, 3.8) is 0 Å². The van der Waals surface area contributed by atoms with Crippen LogP contribution in [0.1, 0.15) is 10.4 Å². The largest absolute Gasteiger partial charge is 0.439 e. The van der Waals surface area contributed by atoms with Crippen LogP contribution in [-0.2, 0) is 0 Å². The molecule has 0 aliphatic heterocycles. The van der Waals surface area contributed by atoms with Gasteiger partial charge < -0.3 is 4.74 Å². The number of amides is 1. The Balaban J connectivity index is 2.05. The van der Waals surface area contributed by atoms with Crippen LogP contribution in [0.3, 0.4) is 0 Å². The molecule has 0 radical (unpaired) electrons. The van der Waals surface area contributed by atoms with E-state index in [1.807, 2.05) is 0 Å². The molecule has 0 saturated heterocycles.